The molecule has 112 valence electrons. The van der Waals surface area contributed by atoms with E-state index >= 15 is 0 Å². The van der Waals surface area contributed by atoms with Gasteiger partial charge in [0.1, 0.15) is 11.5 Å². The van der Waals surface area contributed by atoms with Crippen molar-refractivity contribution in [2.24, 2.45) is 0 Å². The van der Waals surface area contributed by atoms with Crippen molar-refractivity contribution in [3.63, 3.8) is 0 Å². The number of rotatable bonds is 3. The first kappa shape index (κ1) is 14.3. The van der Waals surface area contributed by atoms with Gasteiger partial charge in [-0.2, -0.15) is 0 Å². The lowest BCUT2D eigenvalue weighted by Gasteiger charge is -2.11. The van der Waals surface area contributed by atoms with Crippen LogP contribution in [0.15, 0.2) is 48.7 Å². The second kappa shape index (κ2) is 5.60. The van der Waals surface area contributed by atoms with Crippen LogP contribution in [0.25, 0.3) is 16.9 Å². The van der Waals surface area contributed by atoms with Gasteiger partial charge in [0.15, 0.2) is 0 Å². The van der Waals surface area contributed by atoms with E-state index in [1.165, 1.54) is 17.2 Å². The number of hydrogen-bond donors (Lipinski definition) is 0. The summed E-state index contributed by atoms with van der Waals surface area (Å²) in [5, 5.41) is 0. The van der Waals surface area contributed by atoms with Gasteiger partial charge in [0.05, 0.1) is 17.8 Å². The molecule has 0 saturated carbocycles. The molecule has 3 rings (SSSR count). The molecule has 0 saturated heterocycles. The predicted octanol–water partition coefficient (Wildman–Crippen LogP) is 2.77. The van der Waals surface area contributed by atoms with Crippen molar-refractivity contribution in [3.05, 3.63) is 60.2 Å². The maximum absolute atomic E-state index is 13.6. The lowest BCUT2D eigenvalue weighted by Crippen LogP contribution is -2.24. The number of amides is 1. The number of carbonyl (C=O) groups excluding carboxylic acids is 1. The Morgan fingerprint density at radius 2 is 1.91 bits per heavy atom. The topological polar surface area (TPSA) is 37.6 Å². The van der Waals surface area contributed by atoms with E-state index in [9.17, 15) is 9.18 Å². The van der Waals surface area contributed by atoms with Crippen LogP contribution in [0, 0.1) is 5.82 Å². The molecule has 0 fully saturated rings. The van der Waals surface area contributed by atoms with Gasteiger partial charge < -0.3 is 4.90 Å². The minimum atomic E-state index is -0.358. The lowest BCUT2D eigenvalue weighted by molar-refractivity contribution is -0.128. The fourth-order valence-electron chi connectivity index (χ4n) is 2.36. The van der Waals surface area contributed by atoms with Gasteiger partial charge in [-0.05, 0) is 12.1 Å². The van der Waals surface area contributed by atoms with Crippen molar-refractivity contribution in [3.8, 4) is 11.3 Å². The number of hydrogen-bond acceptors (Lipinski definition) is 2. The maximum atomic E-state index is 13.6. The molecule has 0 aliphatic carbocycles. The highest BCUT2D eigenvalue weighted by Crippen LogP contribution is 2.25. The Balaban J connectivity index is 2.20. The third-order valence-electron chi connectivity index (χ3n) is 3.55. The Hall–Kier alpha value is -2.69. The summed E-state index contributed by atoms with van der Waals surface area (Å²) in [5.74, 6) is -0.411. The quantitative estimate of drug-likeness (QED) is 0.745. The third kappa shape index (κ3) is 2.57. The highest BCUT2D eigenvalue weighted by Gasteiger charge is 2.18. The van der Waals surface area contributed by atoms with Crippen LogP contribution in [0.3, 0.4) is 0 Å². The second-order valence-electron chi connectivity index (χ2n) is 5.31. The van der Waals surface area contributed by atoms with Gasteiger partial charge in [0.25, 0.3) is 0 Å². The molecule has 0 spiro atoms. The number of nitrogens with zero attached hydrogens (tertiary/aromatic N) is 3. The molecule has 1 aromatic carbocycles. The molecule has 0 N–H and O–H groups in total. The number of pyridine rings is 1. The van der Waals surface area contributed by atoms with E-state index in [-0.39, 0.29) is 18.1 Å². The molecule has 0 unspecified atom stereocenters. The summed E-state index contributed by atoms with van der Waals surface area (Å²) in [5.41, 5.74) is 2.94. The van der Waals surface area contributed by atoms with Crippen LogP contribution >= 0.6 is 0 Å². The van der Waals surface area contributed by atoms with Crippen molar-refractivity contribution in [2.45, 2.75) is 6.42 Å². The second-order valence-corrected chi connectivity index (χ2v) is 5.31. The molecule has 0 radical (unpaired) electrons. The molecule has 0 atom stereocenters. The Morgan fingerprint density at radius 1 is 1.18 bits per heavy atom. The van der Waals surface area contributed by atoms with Crippen molar-refractivity contribution >= 4 is 11.6 Å². The molecule has 2 aromatic heterocycles. The number of likely N-dealkylation sites (N-methyl/N-ethyl adjacent to an activating group) is 1. The van der Waals surface area contributed by atoms with Crippen molar-refractivity contribution in [2.75, 3.05) is 14.1 Å². The zero-order valence-corrected chi connectivity index (χ0v) is 12.5. The van der Waals surface area contributed by atoms with E-state index in [0.29, 0.717) is 17.0 Å². The molecular weight excluding hydrogens is 281 g/mol. The average molecular weight is 297 g/mol. The molecule has 0 aliphatic rings. The average Bonchev–Trinajstić information content (AvgIpc) is 2.86. The van der Waals surface area contributed by atoms with Crippen molar-refractivity contribution in [1.82, 2.24) is 14.3 Å². The van der Waals surface area contributed by atoms with Gasteiger partial charge in [-0.1, -0.05) is 30.3 Å². The normalized spacial score (nSPS) is 10.9. The number of halogens is 1. The van der Waals surface area contributed by atoms with Gasteiger partial charge in [-0.25, -0.2) is 9.37 Å². The van der Waals surface area contributed by atoms with Crippen LogP contribution < -0.4 is 0 Å². The van der Waals surface area contributed by atoms with Crippen LogP contribution in [0.5, 0.6) is 0 Å². The molecule has 0 aliphatic heterocycles. The number of aromatic nitrogens is 2. The summed E-state index contributed by atoms with van der Waals surface area (Å²) in [6.07, 6.45) is 1.54. The minimum Gasteiger partial charge on any atom is -0.348 e. The van der Waals surface area contributed by atoms with Gasteiger partial charge in [0, 0.05) is 25.9 Å². The maximum Gasteiger partial charge on any atom is 0.228 e. The van der Waals surface area contributed by atoms with E-state index in [2.05, 4.69) is 4.98 Å². The Morgan fingerprint density at radius 3 is 2.59 bits per heavy atom. The van der Waals surface area contributed by atoms with E-state index in [1.807, 2.05) is 30.3 Å². The highest BCUT2D eigenvalue weighted by atomic mass is 19.1. The van der Waals surface area contributed by atoms with Crippen LogP contribution in [0.2, 0.25) is 0 Å². The van der Waals surface area contributed by atoms with Gasteiger partial charge >= 0.3 is 0 Å². The fourth-order valence-corrected chi connectivity index (χ4v) is 2.36. The number of benzene rings is 1. The molecule has 5 heteroatoms. The summed E-state index contributed by atoms with van der Waals surface area (Å²) in [6.45, 7) is 0. The monoisotopic (exact) mass is 297 g/mol. The molecule has 3 aromatic rings. The van der Waals surface area contributed by atoms with Gasteiger partial charge in [0.2, 0.25) is 5.91 Å². The summed E-state index contributed by atoms with van der Waals surface area (Å²) < 4.78 is 15.2. The zero-order valence-electron chi connectivity index (χ0n) is 12.5. The molecule has 1 amide bonds. The van der Waals surface area contributed by atoms with Crippen LogP contribution in [-0.4, -0.2) is 34.3 Å². The highest BCUT2D eigenvalue weighted by molar-refractivity contribution is 5.81. The molecular formula is C17H16FN3O. The summed E-state index contributed by atoms with van der Waals surface area (Å²) in [7, 11) is 3.41. The fraction of sp³-hybridized carbons (Fsp3) is 0.176. The van der Waals surface area contributed by atoms with Crippen LogP contribution in [-0.2, 0) is 11.2 Å². The summed E-state index contributed by atoms with van der Waals surface area (Å²) in [4.78, 5) is 18.2. The van der Waals surface area contributed by atoms with E-state index in [0.717, 1.165) is 5.56 Å². The van der Waals surface area contributed by atoms with Crippen LogP contribution in [0.1, 0.15) is 5.69 Å². The summed E-state index contributed by atoms with van der Waals surface area (Å²) in [6, 6.07) is 12.6. The van der Waals surface area contributed by atoms with Crippen molar-refractivity contribution < 1.29 is 9.18 Å². The number of imidazole rings is 1. The standard InChI is InChI=1S/C17H16FN3O/c1-20(2)16(22)10-14-17(12-6-4-3-5-7-12)19-15-9-8-13(18)11-21(14)15/h3-9,11H,10H2,1-2H3. The molecule has 22 heavy (non-hydrogen) atoms. The van der Waals surface area contributed by atoms with Crippen LogP contribution in [0.4, 0.5) is 4.39 Å². The largest absolute Gasteiger partial charge is 0.348 e. The lowest BCUT2D eigenvalue weighted by atomic mass is 10.1. The minimum absolute atomic E-state index is 0.0526. The zero-order chi connectivity index (χ0) is 15.7. The van der Waals surface area contributed by atoms with Crippen molar-refractivity contribution in [1.29, 1.82) is 0 Å². The Bertz CT molecular complexity index is 825. The Labute approximate surface area is 127 Å². The summed E-state index contributed by atoms with van der Waals surface area (Å²) >= 11 is 0. The SMILES string of the molecule is CN(C)C(=O)Cc1c(-c2ccccc2)nc2ccc(F)cn12. The third-order valence-corrected chi connectivity index (χ3v) is 3.55. The van der Waals surface area contributed by atoms with Gasteiger partial charge in [-0.3, -0.25) is 9.20 Å². The Kier molecular flexibility index (Phi) is 3.63. The molecule has 2 heterocycles. The smallest absolute Gasteiger partial charge is 0.228 e. The molecule has 0 bridgehead atoms. The van der Waals surface area contributed by atoms with E-state index < -0.39 is 0 Å². The van der Waals surface area contributed by atoms with Gasteiger partial charge in [-0.15, -0.1) is 0 Å². The van der Waals surface area contributed by atoms with E-state index in [4.69, 9.17) is 0 Å². The first-order valence-electron chi connectivity index (χ1n) is 6.98. The number of carbonyl (C=O) groups is 1. The van der Waals surface area contributed by atoms with E-state index in [1.54, 1.807) is 24.6 Å². The predicted molar refractivity (Wildman–Crippen MR) is 83.0 cm³/mol. The number of fused-ring (bicyclic) bond motifs is 1. The first-order valence-corrected chi connectivity index (χ1v) is 6.98. The molecule has 4 nitrogen and oxygen atoms in total. The first-order chi connectivity index (χ1) is 10.6.